The molecule has 0 spiro atoms. The number of rotatable bonds is 1. The molecule has 0 aliphatic carbocycles. The zero-order valence-electron chi connectivity index (χ0n) is 7.96. The van der Waals surface area contributed by atoms with Gasteiger partial charge < -0.3 is 14.6 Å². The molecule has 74 valence electrons. The predicted octanol–water partition coefficient (Wildman–Crippen LogP) is 1.73. The van der Waals surface area contributed by atoms with Gasteiger partial charge in [0.05, 0.1) is 0 Å². The summed E-state index contributed by atoms with van der Waals surface area (Å²) in [5.74, 6) is -0.112. The minimum absolute atomic E-state index is 0.0957. The molecule has 4 nitrogen and oxygen atoms in total. The van der Waals surface area contributed by atoms with Crippen LogP contribution in [-0.4, -0.2) is 17.9 Å². The lowest BCUT2D eigenvalue weighted by molar-refractivity contribution is 0.0691. The third kappa shape index (κ3) is 1.11. The number of ether oxygens (including phenoxy) is 2. The maximum absolute atomic E-state index is 11.0. The molecule has 0 amide bonds. The van der Waals surface area contributed by atoms with Crippen LogP contribution in [-0.2, 0) is 0 Å². The van der Waals surface area contributed by atoms with Crippen molar-refractivity contribution in [2.45, 2.75) is 13.8 Å². The molecule has 1 aromatic carbocycles. The maximum atomic E-state index is 11.0. The summed E-state index contributed by atoms with van der Waals surface area (Å²) in [6, 6.07) is 1.80. The maximum Gasteiger partial charge on any atom is 0.339 e. The molecule has 0 saturated carbocycles. The van der Waals surface area contributed by atoms with Gasteiger partial charge in [-0.1, -0.05) is 0 Å². The highest BCUT2D eigenvalue weighted by Crippen LogP contribution is 2.38. The Kier molecular flexibility index (Phi) is 1.84. The van der Waals surface area contributed by atoms with E-state index in [1.807, 2.05) is 6.92 Å². The minimum Gasteiger partial charge on any atom is -0.478 e. The average molecular weight is 194 g/mol. The van der Waals surface area contributed by atoms with E-state index < -0.39 is 5.97 Å². The number of aryl methyl sites for hydroxylation is 1. The number of carboxylic acids is 1. The molecule has 2 rings (SSSR count). The molecule has 14 heavy (non-hydrogen) atoms. The molecule has 0 aromatic heterocycles. The van der Waals surface area contributed by atoms with Crippen LogP contribution in [0.5, 0.6) is 11.5 Å². The van der Waals surface area contributed by atoms with Crippen molar-refractivity contribution in [2.24, 2.45) is 0 Å². The molecule has 1 aromatic rings. The van der Waals surface area contributed by atoms with Crippen molar-refractivity contribution in [1.82, 2.24) is 0 Å². The largest absolute Gasteiger partial charge is 0.478 e. The van der Waals surface area contributed by atoms with Gasteiger partial charge in [0.15, 0.2) is 11.5 Å². The molecule has 0 radical (unpaired) electrons. The molecule has 4 heteroatoms. The van der Waals surface area contributed by atoms with Gasteiger partial charge in [-0.05, 0) is 31.0 Å². The van der Waals surface area contributed by atoms with Gasteiger partial charge >= 0.3 is 5.97 Å². The van der Waals surface area contributed by atoms with E-state index in [-0.39, 0.29) is 12.4 Å². The highest BCUT2D eigenvalue weighted by molar-refractivity contribution is 5.94. The lowest BCUT2D eigenvalue weighted by Crippen LogP contribution is -2.03. The van der Waals surface area contributed by atoms with E-state index in [9.17, 15) is 4.79 Å². The Balaban J connectivity index is 2.72. The van der Waals surface area contributed by atoms with Gasteiger partial charge in [0.1, 0.15) is 5.56 Å². The molecular weight excluding hydrogens is 184 g/mol. The second-order valence-corrected chi connectivity index (χ2v) is 3.23. The first-order chi connectivity index (χ1) is 6.61. The summed E-state index contributed by atoms with van der Waals surface area (Å²) in [6.45, 7) is 3.71. The van der Waals surface area contributed by atoms with Crippen molar-refractivity contribution in [3.05, 3.63) is 22.8 Å². The molecule has 0 unspecified atom stereocenters. The van der Waals surface area contributed by atoms with Crippen molar-refractivity contribution in [2.75, 3.05) is 6.79 Å². The lowest BCUT2D eigenvalue weighted by atomic mass is 10.0. The first kappa shape index (κ1) is 8.87. The highest BCUT2D eigenvalue weighted by atomic mass is 16.7. The van der Waals surface area contributed by atoms with E-state index in [1.54, 1.807) is 13.0 Å². The quantitative estimate of drug-likeness (QED) is 0.739. The minimum atomic E-state index is -0.979. The standard InChI is InChI=1S/C10H10O4/c1-5-3-7-9(14-4-13-7)8(6(5)2)10(11)12/h3H,4H2,1-2H3,(H,11,12). The van der Waals surface area contributed by atoms with Crippen LogP contribution in [0.3, 0.4) is 0 Å². The van der Waals surface area contributed by atoms with Gasteiger partial charge in [-0.3, -0.25) is 0 Å². The van der Waals surface area contributed by atoms with E-state index in [4.69, 9.17) is 14.6 Å². The van der Waals surface area contributed by atoms with Gasteiger partial charge in [-0.15, -0.1) is 0 Å². The number of carbonyl (C=O) groups is 1. The Morgan fingerprint density at radius 2 is 2.14 bits per heavy atom. The fraction of sp³-hybridized carbons (Fsp3) is 0.300. The Morgan fingerprint density at radius 1 is 1.43 bits per heavy atom. The molecular formula is C10H10O4. The Labute approximate surface area is 81.1 Å². The fourth-order valence-electron chi connectivity index (χ4n) is 1.52. The second kappa shape index (κ2) is 2.90. The number of aromatic carboxylic acids is 1. The van der Waals surface area contributed by atoms with E-state index in [0.717, 1.165) is 11.1 Å². The van der Waals surface area contributed by atoms with Crippen molar-refractivity contribution < 1.29 is 19.4 Å². The summed E-state index contributed by atoms with van der Waals surface area (Å²) in [7, 11) is 0. The highest BCUT2D eigenvalue weighted by Gasteiger charge is 2.25. The van der Waals surface area contributed by atoms with Gasteiger partial charge in [0.2, 0.25) is 6.79 Å². The van der Waals surface area contributed by atoms with Gasteiger partial charge in [-0.25, -0.2) is 4.79 Å². The average Bonchev–Trinajstić information content (AvgIpc) is 2.52. The zero-order valence-corrected chi connectivity index (χ0v) is 7.96. The third-order valence-electron chi connectivity index (χ3n) is 2.40. The van der Waals surface area contributed by atoms with Crippen molar-refractivity contribution in [1.29, 1.82) is 0 Å². The predicted molar refractivity (Wildman–Crippen MR) is 49.0 cm³/mol. The molecule has 1 N–H and O–H groups in total. The molecule has 0 atom stereocenters. The summed E-state index contributed by atoms with van der Waals surface area (Å²) in [4.78, 5) is 11.0. The third-order valence-corrected chi connectivity index (χ3v) is 2.40. The zero-order chi connectivity index (χ0) is 10.3. The van der Waals surface area contributed by atoms with Crippen LogP contribution in [0.1, 0.15) is 21.5 Å². The molecule has 0 fully saturated rings. The van der Waals surface area contributed by atoms with Crippen LogP contribution in [0.2, 0.25) is 0 Å². The number of benzene rings is 1. The van der Waals surface area contributed by atoms with Gasteiger partial charge in [0, 0.05) is 0 Å². The fourth-order valence-corrected chi connectivity index (χ4v) is 1.52. The molecule has 0 bridgehead atoms. The molecule has 1 aliphatic rings. The Hall–Kier alpha value is -1.71. The summed E-state index contributed by atoms with van der Waals surface area (Å²) >= 11 is 0. The SMILES string of the molecule is Cc1cc2c(c(C(=O)O)c1C)OCO2. The van der Waals surface area contributed by atoms with Crippen molar-refractivity contribution >= 4 is 5.97 Å². The molecule has 1 heterocycles. The van der Waals surface area contributed by atoms with E-state index >= 15 is 0 Å². The van der Waals surface area contributed by atoms with Crippen molar-refractivity contribution in [3.63, 3.8) is 0 Å². The topological polar surface area (TPSA) is 55.8 Å². The van der Waals surface area contributed by atoms with Gasteiger partial charge in [0.25, 0.3) is 0 Å². The summed E-state index contributed by atoms with van der Waals surface area (Å²) in [5, 5.41) is 9.02. The van der Waals surface area contributed by atoms with Crippen LogP contribution in [0.25, 0.3) is 0 Å². The summed E-state index contributed by atoms with van der Waals surface area (Å²) in [5.41, 5.74) is 1.82. The Bertz CT molecular complexity index is 409. The van der Waals surface area contributed by atoms with Crippen LogP contribution < -0.4 is 9.47 Å². The van der Waals surface area contributed by atoms with Crippen LogP contribution in [0.4, 0.5) is 0 Å². The van der Waals surface area contributed by atoms with E-state index in [2.05, 4.69) is 0 Å². The first-order valence-corrected chi connectivity index (χ1v) is 4.24. The second-order valence-electron chi connectivity index (χ2n) is 3.23. The van der Waals surface area contributed by atoms with E-state index in [0.29, 0.717) is 11.5 Å². The molecule has 0 saturated heterocycles. The van der Waals surface area contributed by atoms with Crippen LogP contribution in [0, 0.1) is 13.8 Å². The number of hydrogen-bond donors (Lipinski definition) is 1. The molecule has 1 aliphatic heterocycles. The summed E-state index contributed by atoms with van der Waals surface area (Å²) in [6.07, 6.45) is 0. The smallest absolute Gasteiger partial charge is 0.339 e. The summed E-state index contributed by atoms with van der Waals surface area (Å²) < 4.78 is 10.3. The van der Waals surface area contributed by atoms with Crippen LogP contribution in [0.15, 0.2) is 6.07 Å². The van der Waals surface area contributed by atoms with Crippen molar-refractivity contribution in [3.8, 4) is 11.5 Å². The monoisotopic (exact) mass is 194 g/mol. The first-order valence-electron chi connectivity index (χ1n) is 4.24. The lowest BCUT2D eigenvalue weighted by Gasteiger charge is -2.07. The van der Waals surface area contributed by atoms with Crippen LogP contribution >= 0.6 is 0 Å². The van der Waals surface area contributed by atoms with E-state index in [1.165, 1.54) is 0 Å². The number of carboxylic acid groups (broad SMARTS) is 1. The Morgan fingerprint density at radius 3 is 2.79 bits per heavy atom. The number of fused-ring (bicyclic) bond motifs is 1. The number of hydrogen-bond acceptors (Lipinski definition) is 3. The normalized spacial score (nSPS) is 13.0. The van der Waals surface area contributed by atoms with Gasteiger partial charge in [-0.2, -0.15) is 0 Å².